The summed E-state index contributed by atoms with van der Waals surface area (Å²) in [5, 5.41) is 2.26. The van der Waals surface area contributed by atoms with Gasteiger partial charge in [0.15, 0.2) is 19.7 Å². The Kier molecular flexibility index (Phi) is 6.83. The van der Waals surface area contributed by atoms with Crippen molar-refractivity contribution in [3.63, 3.8) is 0 Å². The molecule has 1 aliphatic carbocycles. The van der Waals surface area contributed by atoms with Gasteiger partial charge < -0.3 is 10.1 Å². The molecule has 8 heteroatoms. The van der Waals surface area contributed by atoms with Crippen LogP contribution in [0.4, 0.5) is 0 Å². The number of hydrogen-bond donors (Lipinski definition) is 1. The van der Waals surface area contributed by atoms with Gasteiger partial charge in [-0.1, -0.05) is 11.6 Å². The standard InChI is InChI=1S/C20H29NO5S2/c1-2-26-17-8-10-18(11-9-17)28(24,25)20-15-27(22,23)14-19(20)21-13-12-16-6-4-3-5-7-16/h6,8-11,19-21H,2-5,7,12-15H2,1H3/t19-,20-/m1/s1. The van der Waals surface area contributed by atoms with Crippen molar-refractivity contribution in [3.05, 3.63) is 35.9 Å². The van der Waals surface area contributed by atoms with Gasteiger partial charge in [0.2, 0.25) is 0 Å². The van der Waals surface area contributed by atoms with Crippen LogP contribution in [0.15, 0.2) is 40.8 Å². The van der Waals surface area contributed by atoms with Crippen LogP contribution in [-0.4, -0.2) is 52.8 Å². The molecule has 0 aromatic heterocycles. The molecular formula is C20H29NO5S2. The van der Waals surface area contributed by atoms with Gasteiger partial charge in [-0.3, -0.25) is 0 Å². The van der Waals surface area contributed by atoms with E-state index in [1.807, 2.05) is 6.92 Å². The van der Waals surface area contributed by atoms with Gasteiger partial charge in [0.25, 0.3) is 0 Å². The van der Waals surface area contributed by atoms with Crippen LogP contribution in [0.2, 0.25) is 0 Å². The number of allylic oxidation sites excluding steroid dienone is 1. The zero-order valence-electron chi connectivity index (χ0n) is 16.3. The molecular weight excluding hydrogens is 398 g/mol. The van der Waals surface area contributed by atoms with Gasteiger partial charge >= 0.3 is 0 Å². The molecule has 1 aliphatic heterocycles. The van der Waals surface area contributed by atoms with Gasteiger partial charge in [0.1, 0.15) is 5.75 Å². The van der Waals surface area contributed by atoms with Crippen molar-refractivity contribution in [2.75, 3.05) is 24.7 Å². The van der Waals surface area contributed by atoms with E-state index in [1.54, 1.807) is 12.1 Å². The lowest BCUT2D eigenvalue weighted by Gasteiger charge is -2.21. The summed E-state index contributed by atoms with van der Waals surface area (Å²) in [6.07, 6.45) is 7.69. The molecule has 1 fully saturated rings. The van der Waals surface area contributed by atoms with Gasteiger partial charge in [-0.2, -0.15) is 0 Å². The van der Waals surface area contributed by atoms with Gasteiger partial charge in [-0.25, -0.2) is 16.8 Å². The summed E-state index contributed by atoms with van der Waals surface area (Å²) in [4.78, 5) is 0.139. The summed E-state index contributed by atoms with van der Waals surface area (Å²) in [6, 6.07) is 5.63. The second-order valence-electron chi connectivity index (χ2n) is 7.48. The molecule has 0 spiro atoms. The summed E-state index contributed by atoms with van der Waals surface area (Å²) in [5.41, 5.74) is 1.38. The van der Waals surface area contributed by atoms with E-state index in [0.29, 0.717) is 18.9 Å². The lowest BCUT2D eigenvalue weighted by atomic mass is 9.97. The first-order valence-electron chi connectivity index (χ1n) is 9.90. The molecule has 2 aliphatic rings. The maximum absolute atomic E-state index is 13.1. The van der Waals surface area contributed by atoms with Crippen molar-refractivity contribution in [2.45, 2.75) is 55.2 Å². The van der Waals surface area contributed by atoms with Gasteiger partial charge in [-0.15, -0.1) is 0 Å². The van der Waals surface area contributed by atoms with E-state index >= 15 is 0 Å². The van der Waals surface area contributed by atoms with Crippen LogP contribution >= 0.6 is 0 Å². The third-order valence-corrected chi connectivity index (χ3v) is 9.57. The van der Waals surface area contributed by atoms with Crippen LogP contribution in [0.5, 0.6) is 5.75 Å². The molecule has 0 amide bonds. The maximum atomic E-state index is 13.1. The molecule has 0 saturated carbocycles. The Labute approximate surface area is 168 Å². The van der Waals surface area contributed by atoms with Gasteiger partial charge in [0, 0.05) is 6.04 Å². The Morgan fingerprint density at radius 1 is 1.14 bits per heavy atom. The molecule has 1 N–H and O–H groups in total. The Morgan fingerprint density at radius 2 is 1.89 bits per heavy atom. The highest BCUT2D eigenvalue weighted by Crippen LogP contribution is 2.27. The molecule has 3 rings (SSSR count). The SMILES string of the molecule is CCOc1ccc(S(=O)(=O)[C@@H]2CS(=O)(=O)C[C@H]2NCCC2=CCCCC2)cc1. The third-order valence-electron chi connectivity index (χ3n) is 5.40. The number of benzene rings is 1. The predicted molar refractivity (Wildman–Crippen MR) is 110 cm³/mol. The van der Waals surface area contributed by atoms with E-state index in [1.165, 1.54) is 30.5 Å². The van der Waals surface area contributed by atoms with Crippen molar-refractivity contribution in [2.24, 2.45) is 0 Å². The average molecular weight is 428 g/mol. The Bertz CT molecular complexity index is 904. The molecule has 0 radical (unpaired) electrons. The van der Waals surface area contributed by atoms with Crippen LogP contribution < -0.4 is 10.1 Å². The van der Waals surface area contributed by atoms with Crippen molar-refractivity contribution in [1.82, 2.24) is 5.32 Å². The zero-order valence-corrected chi connectivity index (χ0v) is 17.9. The fourth-order valence-electron chi connectivity index (χ4n) is 3.93. The number of sulfone groups is 2. The summed E-state index contributed by atoms with van der Waals surface area (Å²) in [6.45, 7) is 2.95. The zero-order chi connectivity index (χ0) is 20.2. The highest BCUT2D eigenvalue weighted by molar-refractivity contribution is 7.96. The second kappa shape index (κ2) is 8.97. The predicted octanol–water partition coefficient (Wildman–Crippen LogP) is 2.50. The minimum absolute atomic E-state index is 0.132. The molecule has 1 saturated heterocycles. The minimum Gasteiger partial charge on any atom is -0.494 e. The van der Waals surface area contributed by atoms with Gasteiger partial charge in [-0.05, 0) is 69.8 Å². The molecule has 1 aromatic carbocycles. The Morgan fingerprint density at radius 3 is 2.54 bits per heavy atom. The molecule has 0 unspecified atom stereocenters. The van der Waals surface area contributed by atoms with Gasteiger partial charge in [0.05, 0.1) is 28.3 Å². The molecule has 6 nitrogen and oxygen atoms in total. The topological polar surface area (TPSA) is 89.5 Å². The van der Waals surface area contributed by atoms with E-state index in [-0.39, 0.29) is 16.4 Å². The maximum Gasteiger partial charge on any atom is 0.183 e. The monoisotopic (exact) mass is 427 g/mol. The van der Waals surface area contributed by atoms with Crippen molar-refractivity contribution >= 4 is 19.7 Å². The van der Waals surface area contributed by atoms with E-state index < -0.39 is 31.0 Å². The van der Waals surface area contributed by atoms with E-state index in [4.69, 9.17) is 4.74 Å². The fourth-order valence-corrected chi connectivity index (χ4v) is 8.65. The fraction of sp³-hybridized carbons (Fsp3) is 0.600. The Hall–Kier alpha value is -1.38. The molecule has 0 bridgehead atoms. The quantitative estimate of drug-likeness (QED) is 0.641. The molecule has 2 atom stereocenters. The van der Waals surface area contributed by atoms with Crippen LogP contribution in [0.3, 0.4) is 0 Å². The summed E-state index contributed by atoms with van der Waals surface area (Å²) < 4.78 is 56.0. The van der Waals surface area contributed by atoms with Crippen LogP contribution in [0, 0.1) is 0 Å². The third kappa shape index (κ3) is 5.15. The summed E-state index contributed by atoms with van der Waals surface area (Å²) in [7, 11) is -7.15. The Balaban J connectivity index is 1.72. The first-order chi connectivity index (χ1) is 13.3. The highest BCUT2D eigenvalue weighted by atomic mass is 32.2. The van der Waals surface area contributed by atoms with Crippen molar-refractivity contribution < 1.29 is 21.6 Å². The largest absolute Gasteiger partial charge is 0.494 e. The highest BCUT2D eigenvalue weighted by Gasteiger charge is 2.45. The first-order valence-corrected chi connectivity index (χ1v) is 13.3. The minimum atomic E-state index is -3.76. The second-order valence-corrected chi connectivity index (χ2v) is 11.8. The van der Waals surface area contributed by atoms with E-state index in [9.17, 15) is 16.8 Å². The lowest BCUT2D eigenvalue weighted by Crippen LogP contribution is -2.43. The van der Waals surface area contributed by atoms with Crippen LogP contribution in [-0.2, 0) is 19.7 Å². The van der Waals surface area contributed by atoms with E-state index in [2.05, 4.69) is 11.4 Å². The number of nitrogens with one attached hydrogen (secondary N) is 1. The summed E-state index contributed by atoms with van der Waals surface area (Å²) in [5.74, 6) is 0.131. The van der Waals surface area contributed by atoms with Crippen molar-refractivity contribution in [1.29, 1.82) is 0 Å². The molecule has 1 heterocycles. The smallest absolute Gasteiger partial charge is 0.183 e. The number of hydrogen-bond acceptors (Lipinski definition) is 6. The molecule has 28 heavy (non-hydrogen) atoms. The van der Waals surface area contributed by atoms with Crippen LogP contribution in [0.25, 0.3) is 0 Å². The van der Waals surface area contributed by atoms with E-state index in [0.717, 1.165) is 19.3 Å². The van der Waals surface area contributed by atoms with Crippen molar-refractivity contribution in [3.8, 4) is 5.75 Å². The number of ether oxygens (including phenoxy) is 1. The molecule has 1 aromatic rings. The van der Waals surface area contributed by atoms with Crippen LogP contribution in [0.1, 0.15) is 39.0 Å². The first kappa shape index (κ1) is 21.3. The normalized spacial score (nSPS) is 24.7. The number of rotatable bonds is 8. The average Bonchev–Trinajstić information content (AvgIpc) is 2.99. The lowest BCUT2D eigenvalue weighted by molar-refractivity contribution is 0.340. The molecule has 156 valence electrons. The summed E-state index contributed by atoms with van der Waals surface area (Å²) >= 11 is 0.